The summed E-state index contributed by atoms with van der Waals surface area (Å²) in [5.41, 5.74) is 0.976. The van der Waals surface area contributed by atoms with E-state index in [-0.39, 0.29) is 17.7 Å². The van der Waals surface area contributed by atoms with E-state index in [1.54, 1.807) is 18.4 Å². The first-order chi connectivity index (χ1) is 12.7. The summed E-state index contributed by atoms with van der Waals surface area (Å²) in [4.78, 5) is 12.2. The monoisotopic (exact) mass is 368 g/mol. The van der Waals surface area contributed by atoms with Crippen LogP contribution < -0.4 is 5.32 Å². The predicted octanol–water partition coefficient (Wildman–Crippen LogP) is 3.69. The molecule has 6 nitrogen and oxygen atoms in total. The molecular formula is C19H20N4O2S. The van der Waals surface area contributed by atoms with Crippen molar-refractivity contribution in [2.75, 3.05) is 5.75 Å². The third kappa shape index (κ3) is 4.23. The molecule has 0 spiro atoms. The molecule has 0 fully saturated rings. The summed E-state index contributed by atoms with van der Waals surface area (Å²) in [5.74, 6) is 1.64. The molecule has 0 aliphatic rings. The number of carbonyl (C=O) groups excluding carboxylic acids is 1. The largest absolute Gasteiger partial charge is 0.467 e. The molecule has 0 saturated heterocycles. The minimum Gasteiger partial charge on any atom is -0.467 e. The zero-order valence-corrected chi connectivity index (χ0v) is 15.3. The number of carbonyl (C=O) groups is 1. The van der Waals surface area contributed by atoms with E-state index in [9.17, 15) is 4.79 Å². The second-order valence-electron chi connectivity index (χ2n) is 5.66. The maximum atomic E-state index is 12.2. The van der Waals surface area contributed by atoms with E-state index in [4.69, 9.17) is 4.42 Å². The molecule has 3 rings (SSSR count). The number of allylic oxidation sites excluding steroid dienone is 1. The van der Waals surface area contributed by atoms with Crippen LogP contribution >= 0.6 is 11.8 Å². The van der Waals surface area contributed by atoms with Crippen LogP contribution in [0.25, 0.3) is 11.4 Å². The van der Waals surface area contributed by atoms with Crippen LogP contribution in [0.1, 0.15) is 18.7 Å². The van der Waals surface area contributed by atoms with Crippen molar-refractivity contribution in [2.45, 2.75) is 24.7 Å². The topological polar surface area (TPSA) is 73.0 Å². The van der Waals surface area contributed by atoms with Crippen LogP contribution in [0.3, 0.4) is 0 Å². The molecule has 1 N–H and O–H groups in total. The Labute approximate surface area is 156 Å². The van der Waals surface area contributed by atoms with Crippen molar-refractivity contribution in [3.05, 3.63) is 67.1 Å². The lowest BCUT2D eigenvalue weighted by atomic mass is 10.2. The summed E-state index contributed by atoms with van der Waals surface area (Å²) >= 11 is 1.35. The van der Waals surface area contributed by atoms with Gasteiger partial charge < -0.3 is 9.73 Å². The SMILES string of the molecule is C=CCn1c(SCC(=O)N[C@H](C)c2ccco2)nnc1-c1ccccc1. The van der Waals surface area contributed by atoms with E-state index in [0.717, 1.165) is 17.1 Å². The molecule has 1 aromatic carbocycles. The van der Waals surface area contributed by atoms with E-state index in [1.165, 1.54) is 11.8 Å². The van der Waals surface area contributed by atoms with Crippen LogP contribution in [0.15, 0.2) is 71.0 Å². The first-order valence-electron chi connectivity index (χ1n) is 8.24. The Morgan fingerprint density at radius 2 is 2.12 bits per heavy atom. The highest BCUT2D eigenvalue weighted by Gasteiger charge is 2.16. The van der Waals surface area contributed by atoms with Gasteiger partial charge in [0.2, 0.25) is 5.91 Å². The summed E-state index contributed by atoms with van der Waals surface area (Å²) in [5, 5.41) is 12.1. The maximum Gasteiger partial charge on any atom is 0.231 e. The summed E-state index contributed by atoms with van der Waals surface area (Å²) in [7, 11) is 0. The minimum absolute atomic E-state index is 0.0895. The summed E-state index contributed by atoms with van der Waals surface area (Å²) < 4.78 is 7.26. The first kappa shape index (κ1) is 18.0. The fourth-order valence-corrected chi connectivity index (χ4v) is 3.27. The highest BCUT2D eigenvalue weighted by Crippen LogP contribution is 2.24. The Bertz CT molecular complexity index is 859. The molecule has 0 aliphatic heterocycles. The molecule has 1 amide bonds. The Kier molecular flexibility index (Phi) is 5.91. The van der Waals surface area contributed by atoms with Crippen molar-refractivity contribution in [3.8, 4) is 11.4 Å². The smallest absolute Gasteiger partial charge is 0.231 e. The second kappa shape index (κ2) is 8.53. The van der Waals surface area contributed by atoms with Gasteiger partial charge in [-0.25, -0.2) is 0 Å². The van der Waals surface area contributed by atoms with Gasteiger partial charge in [0.05, 0.1) is 18.1 Å². The number of benzene rings is 1. The fourth-order valence-electron chi connectivity index (χ4n) is 2.51. The lowest BCUT2D eigenvalue weighted by Crippen LogP contribution is -2.28. The van der Waals surface area contributed by atoms with Gasteiger partial charge in [-0.15, -0.1) is 16.8 Å². The van der Waals surface area contributed by atoms with Crippen LogP contribution in [0.5, 0.6) is 0 Å². The first-order valence-corrected chi connectivity index (χ1v) is 9.22. The number of hydrogen-bond donors (Lipinski definition) is 1. The fraction of sp³-hybridized carbons (Fsp3) is 0.211. The van der Waals surface area contributed by atoms with Gasteiger partial charge in [0.1, 0.15) is 5.76 Å². The van der Waals surface area contributed by atoms with Crippen molar-refractivity contribution in [2.24, 2.45) is 0 Å². The van der Waals surface area contributed by atoms with Gasteiger partial charge in [0, 0.05) is 12.1 Å². The van der Waals surface area contributed by atoms with E-state index in [0.29, 0.717) is 11.7 Å². The average Bonchev–Trinajstić information content (AvgIpc) is 3.31. The van der Waals surface area contributed by atoms with E-state index in [2.05, 4.69) is 22.1 Å². The van der Waals surface area contributed by atoms with Crippen molar-refractivity contribution >= 4 is 17.7 Å². The summed E-state index contributed by atoms with van der Waals surface area (Å²) in [6.45, 7) is 6.26. The number of amides is 1. The maximum absolute atomic E-state index is 12.2. The Hall–Kier alpha value is -2.80. The number of furan rings is 1. The van der Waals surface area contributed by atoms with Gasteiger partial charge in [0.25, 0.3) is 0 Å². The Balaban J connectivity index is 1.67. The van der Waals surface area contributed by atoms with Crippen molar-refractivity contribution in [1.29, 1.82) is 0 Å². The normalized spacial score (nSPS) is 11.9. The van der Waals surface area contributed by atoms with Crippen LogP contribution in [-0.4, -0.2) is 26.4 Å². The highest BCUT2D eigenvalue weighted by atomic mass is 32.2. The van der Waals surface area contributed by atoms with Crippen molar-refractivity contribution < 1.29 is 9.21 Å². The summed E-state index contributed by atoms with van der Waals surface area (Å²) in [6.07, 6.45) is 3.38. The molecular weight excluding hydrogens is 348 g/mol. The van der Waals surface area contributed by atoms with Gasteiger partial charge in [-0.3, -0.25) is 9.36 Å². The van der Waals surface area contributed by atoms with E-state index < -0.39 is 0 Å². The van der Waals surface area contributed by atoms with Gasteiger partial charge in [-0.05, 0) is 19.1 Å². The molecule has 0 saturated carbocycles. The van der Waals surface area contributed by atoms with Gasteiger partial charge >= 0.3 is 0 Å². The third-order valence-electron chi connectivity index (χ3n) is 3.74. The number of nitrogens with one attached hydrogen (secondary N) is 1. The molecule has 0 radical (unpaired) electrons. The Morgan fingerprint density at radius 3 is 2.81 bits per heavy atom. The zero-order chi connectivity index (χ0) is 18.4. The average molecular weight is 368 g/mol. The summed E-state index contributed by atoms with van der Waals surface area (Å²) in [6, 6.07) is 13.3. The lowest BCUT2D eigenvalue weighted by Gasteiger charge is -2.11. The number of nitrogens with zero attached hydrogens (tertiary/aromatic N) is 3. The molecule has 2 aromatic heterocycles. The van der Waals surface area contributed by atoms with Crippen LogP contribution in [0.2, 0.25) is 0 Å². The van der Waals surface area contributed by atoms with Crippen LogP contribution in [-0.2, 0) is 11.3 Å². The zero-order valence-electron chi connectivity index (χ0n) is 14.5. The Morgan fingerprint density at radius 1 is 1.31 bits per heavy atom. The molecule has 0 bridgehead atoms. The van der Waals surface area contributed by atoms with Gasteiger partial charge in [-0.1, -0.05) is 48.2 Å². The lowest BCUT2D eigenvalue weighted by molar-refractivity contribution is -0.119. The predicted molar refractivity (Wildman–Crippen MR) is 102 cm³/mol. The third-order valence-corrected chi connectivity index (χ3v) is 4.71. The second-order valence-corrected chi connectivity index (χ2v) is 6.61. The molecule has 1 atom stereocenters. The van der Waals surface area contributed by atoms with Crippen molar-refractivity contribution in [3.63, 3.8) is 0 Å². The van der Waals surface area contributed by atoms with Gasteiger partial charge in [0.15, 0.2) is 11.0 Å². The highest BCUT2D eigenvalue weighted by molar-refractivity contribution is 7.99. The molecule has 134 valence electrons. The van der Waals surface area contributed by atoms with E-state index >= 15 is 0 Å². The number of rotatable bonds is 8. The molecule has 0 aliphatic carbocycles. The number of thioether (sulfide) groups is 1. The van der Waals surface area contributed by atoms with Crippen molar-refractivity contribution in [1.82, 2.24) is 20.1 Å². The number of hydrogen-bond acceptors (Lipinski definition) is 5. The number of aromatic nitrogens is 3. The standard InChI is InChI=1S/C19H20N4O2S/c1-3-11-23-18(15-8-5-4-6-9-15)21-22-19(23)26-13-17(24)20-14(2)16-10-7-12-25-16/h3-10,12,14H,1,11,13H2,2H3,(H,20,24)/t14-/m1/s1. The minimum atomic E-state index is -0.177. The molecule has 26 heavy (non-hydrogen) atoms. The molecule has 0 unspecified atom stereocenters. The molecule has 7 heteroatoms. The van der Waals surface area contributed by atoms with E-state index in [1.807, 2.05) is 47.9 Å². The molecule has 3 aromatic rings. The van der Waals surface area contributed by atoms with Crippen LogP contribution in [0, 0.1) is 0 Å². The quantitative estimate of drug-likeness (QED) is 0.485. The van der Waals surface area contributed by atoms with Crippen LogP contribution in [0.4, 0.5) is 0 Å². The van der Waals surface area contributed by atoms with Gasteiger partial charge in [-0.2, -0.15) is 0 Å². The molecule has 2 heterocycles.